The van der Waals surface area contributed by atoms with Crippen LogP contribution in [-0.4, -0.2) is 25.0 Å². The Bertz CT molecular complexity index is 517. The Labute approximate surface area is 118 Å². The number of esters is 1. The number of hydrogen-bond acceptors (Lipinski definition) is 4. The van der Waals surface area contributed by atoms with Crippen LogP contribution in [0.5, 0.6) is 0 Å². The Morgan fingerprint density at radius 2 is 1.95 bits per heavy atom. The third-order valence-electron chi connectivity index (χ3n) is 3.12. The minimum absolute atomic E-state index is 0.0422. The van der Waals surface area contributed by atoms with Gasteiger partial charge in [0.25, 0.3) is 0 Å². The predicted molar refractivity (Wildman–Crippen MR) is 74.8 cm³/mol. The fourth-order valence-corrected chi connectivity index (χ4v) is 2.24. The van der Waals surface area contributed by atoms with E-state index in [1.54, 1.807) is 6.92 Å². The predicted octanol–water partition coefficient (Wildman–Crippen LogP) is 2.73. The number of ether oxygens (including phenoxy) is 2. The van der Waals surface area contributed by atoms with Crippen molar-refractivity contribution in [2.24, 2.45) is 0 Å². The highest BCUT2D eigenvalue weighted by Crippen LogP contribution is 2.30. The van der Waals surface area contributed by atoms with E-state index in [0.29, 0.717) is 18.8 Å². The molecule has 0 heterocycles. The first kappa shape index (κ1) is 14.3. The van der Waals surface area contributed by atoms with Crippen molar-refractivity contribution < 1.29 is 19.1 Å². The smallest absolute Gasteiger partial charge is 0.344 e. The number of hydrogen-bond donors (Lipinski definition) is 0. The molecule has 0 N–H and O–H groups in total. The minimum atomic E-state index is -0.453. The summed E-state index contributed by atoms with van der Waals surface area (Å²) in [5, 5.41) is 0. The summed E-state index contributed by atoms with van der Waals surface area (Å²) in [5.74, 6) is -0.180. The van der Waals surface area contributed by atoms with E-state index in [1.165, 1.54) is 0 Å². The van der Waals surface area contributed by atoms with Crippen LogP contribution in [0.2, 0.25) is 0 Å². The molecule has 4 nitrogen and oxygen atoms in total. The standard InChI is InChI=1S/C16H18O4/c1-2-19-15(18)11-20-16-13(9-6-10-14(16)17)12-7-4-3-5-8-12/h3-5,7-8H,2,6,9-11H2,1H3. The van der Waals surface area contributed by atoms with Gasteiger partial charge in [-0.05, 0) is 25.3 Å². The van der Waals surface area contributed by atoms with Gasteiger partial charge in [0, 0.05) is 12.0 Å². The molecule has 0 saturated carbocycles. The van der Waals surface area contributed by atoms with Crippen molar-refractivity contribution in [1.29, 1.82) is 0 Å². The highest BCUT2D eigenvalue weighted by molar-refractivity contribution is 6.02. The van der Waals surface area contributed by atoms with Crippen molar-refractivity contribution in [2.75, 3.05) is 13.2 Å². The first-order valence-electron chi connectivity index (χ1n) is 6.82. The molecule has 0 atom stereocenters. The van der Waals surface area contributed by atoms with Crippen LogP contribution < -0.4 is 0 Å². The molecule has 0 bridgehead atoms. The zero-order valence-corrected chi connectivity index (χ0v) is 11.6. The molecule has 0 aliphatic heterocycles. The number of Topliss-reactive ketones (excluding diaryl/α,β-unsaturated/α-hetero) is 1. The minimum Gasteiger partial charge on any atom is -0.478 e. The highest BCUT2D eigenvalue weighted by atomic mass is 16.6. The lowest BCUT2D eigenvalue weighted by Gasteiger charge is -2.19. The van der Waals surface area contributed by atoms with E-state index in [2.05, 4.69) is 0 Å². The lowest BCUT2D eigenvalue weighted by Crippen LogP contribution is -2.19. The van der Waals surface area contributed by atoms with Gasteiger partial charge in [0.1, 0.15) is 0 Å². The van der Waals surface area contributed by atoms with Gasteiger partial charge < -0.3 is 9.47 Å². The van der Waals surface area contributed by atoms with Crippen molar-refractivity contribution in [3.05, 3.63) is 41.7 Å². The lowest BCUT2D eigenvalue weighted by molar-refractivity contribution is -0.147. The summed E-state index contributed by atoms with van der Waals surface area (Å²) in [6.45, 7) is 1.82. The van der Waals surface area contributed by atoms with Crippen molar-refractivity contribution in [1.82, 2.24) is 0 Å². The molecular weight excluding hydrogens is 256 g/mol. The van der Waals surface area contributed by atoms with Crippen LogP contribution in [0.25, 0.3) is 5.57 Å². The quantitative estimate of drug-likeness (QED) is 0.775. The number of allylic oxidation sites excluding steroid dienone is 2. The van der Waals surface area contributed by atoms with Gasteiger partial charge in [0.2, 0.25) is 0 Å². The largest absolute Gasteiger partial charge is 0.478 e. The fraction of sp³-hybridized carbons (Fsp3) is 0.375. The molecule has 106 valence electrons. The summed E-state index contributed by atoms with van der Waals surface area (Å²) >= 11 is 0. The van der Waals surface area contributed by atoms with E-state index in [-0.39, 0.29) is 12.4 Å². The second-order valence-corrected chi connectivity index (χ2v) is 4.54. The van der Waals surface area contributed by atoms with Crippen LogP contribution in [0.3, 0.4) is 0 Å². The van der Waals surface area contributed by atoms with E-state index < -0.39 is 5.97 Å². The summed E-state index contributed by atoms with van der Waals surface area (Å²) in [4.78, 5) is 23.4. The number of rotatable bonds is 5. The van der Waals surface area contributed by atoms with Gasteiger partial charge in [0.05, 0.1) is 6.61 Å². The van der Waals surface area contributed by atoms with E-state index in [9.17, 15) is 9.59 Å². The Morgan fingerprint density at radius 1 is 1.20 bits per heavy atom. The maximum Gasteiger partial charge on any atom is 0.344 e. The second-order valence-electron chi connectivity index (χ2n) is 4.54. The van der Waals surface area contributed by atoms with E-state index in [1.807, 2.05) is 30.3 Å². The Hall–Kier alpha value is -2.10. The first-order chi connectivity index (χ1) is 9.72. The van der Waals surface area contributed by atoms with Gasteiger partial charge in [-0.1, -0.05) is 30.3 Å². The molecule has 0 radical (unpaired) electrons. The van der Waals surface area contributed by atoms with Crippen molar-refractivity contribution in [3.8, 4) is 0 Å². The van der Waals surface area contributed by atoms with Crippen LogP contribution in [-0.2, 0) is 19.1 Å². The molecule has 1 aromatic carbocycles. The molecule has 1 aromatic rings. The fourth-order valence-electron chi connectivity index (χ4n) is 2.24. The van der Waals surface area contributed by atoms with Gasteiger partial charge in [-0.3, -0.25) is 4.79 Å². The number of carbonyl (C=O) groups excluding carboxylic acids is 2. The number of ketones is 1. The van der Waals surface area contributed by atoms with Gasteiger partial charge in [-0.15, -0.1) is 0 Å². The number of benzene rings is 1. The van der Waals surface area contributed by atoms with E-state index in [0.717, 1.165) is 24.0 Å². The SMILES string of the molecule is CCOC(=O)COC1=C(c2ccccc2)CCCC1=O. The van der Waals surface area contributed by atoms with Crippen LogP contribution >= 0.6 is 0 Å². The van der Waals surface area contributed by atoms with Crippen LogP contribution in [0.4, 0.5) is 0 Å². The molecule has 0 spiro atoms. The van der Waals surface area contributed by atoms with E-state index in [4.69, 9.17) is 9.47 Å². The first-order valence-corrected chi connectivity index (χ1v) is 6.82. The van der Waals surface area contributed by atoms with Crippen LogP contribution in [0.1, 0.15) is 31.7 Å². The molecule has 4 heteroatoms. The molecule has 0 fully saturated rings. The van der Waals surface area contributed by atoms with Crippen molar-refractivity contribution in [3.63, 3.8) is 0 Å². The molecule has 1 aliphatic carbocycles. The van der Waals surface area contributed by atoms with Gasteiger partial charge in [0.15, 0.2) is 18.1 Å². The van der Waals surface area contributed by atoms with Gasteiger partial charge in [-0.2, -0.15) is 0 Å². The van der Waals surface area contributed by atoms with Crippen LogP contribution in [0.15, 0.2) is 36.1 Å². The molecule has 0 unspecified atom stereocenters. The summed E-state index contributed by atoms with van der Waals surface area (Å²) in [7, 11) is 0. The summed E-state index contributed by atoms with van der Waals surface area (Å²) in [6, 6.07) is 9.66. The normalized spacial score (nSPS) is 15.2. The third kappa shape index (κ3) is 3.47. The zero-order chi connectivity index (χ0) is 14.4. The summed E-state index contributed by atoms with van der Waals surface area (Å²) < 4.78 is 10.2. The third-order valence-corrected chi connectivity index (χ3v) is 3.12. The summed E-state index contributed by atoms with van der Waals surface area (Å²) in [6.07, 6.45) is 2.07. The molecule has 0 aromatic heterocycles. The lowest BCUT2D eigenvalue weighted by atomic mass is 9.91. The highest BCUT2D eigenvalue weighted by Gasteiger charge is 2.23. The topological polar surface area (TPSA) is 52.6 Å². The number of carbonyl (C=O) groups is 2. The zero-order valence-electron chi connectivity index (χ0n) is 11.6. The Kier molecular flexibility index (Phi) is 4.93. The van der Waals surface area contributed by atoms with Gasteiger partial charge in [-0.25, -0.2) is 4.79 Å². The molecule has 2 rings (SSSR count). The van der Waals surface area contributed by atoms with Crippen LogP contribution in [0, 0.1) is 0 Å². The molecule has 1 aliphatic rings. The van der Waals surface area contributed by atoms with Gasteiger partial charge >= 0.3 is 5.97 Å². The van der Waals surface area contributed by atoms with E-state index >= 15 is 0 Å². The summed E-state index contributed by atoms with van der Waals surface area (Å²) in [5.41, 5.74) is 1.85. The molecule has 0 amide bonds. The monoisotopic (exact) mass is 274 g/mol. The second kappa shape index (κ2) is 6.89. The molecule has 20 heavy (non-hydrogen) atoms. The Balaban J connectivity index is 2.20. The van der Waals surface area contributed by atoms with Crippen molar-refractivity contribution in [2.45, 2.75) is 26.2 Å². The Morgan fingerprint density at radius 3 is 2.65 bits per heavy atom. The maximum atomic E-state index is 12.0. The maximum absolute atomic E-state index is 12.0. The average molecular weight is 274 g/mol. The van der Waals surface area contributed by atoms with Crippen molar-refractivity contribution >= 4 is 17.3 Å². The average Bonchev–Trinajstić information content (AvgIpc) is 2.47. The molecular formula is C16H18O4. The molecule has 0 saturated heterocycles.